The first-order valence-electron chi connectivity index (χ1n) is 23.4. The Labute approximate surface area is 394 Å². The minimum Gasteiger partial charge on any atom is -0.493 e. The van der Waals surface area contributed by atoms with Crippen molar-refractivity contribution in [3.63, 3.8) is 0 Å². The molecule has 4 aliphatic rings. The fourth-order valence-corrected chi connectivity index (χ4v) is 10.1. The van der Waals surface area contributed by atoms with E-state index in [9.17, 15) is 9.59 Å². The highest BCUT2D eigenvalue weighted by molar-refractivity contribution is 7.81. The molecule has 5 aromatic rings. The van der Waals surface area contributed by atoms with Crippen LogP contribution in [0.2, 0.25) is 0 Å². The van der Waals surface area contributed by atoms with Gasteiger partial charge < -0.3 is 43.7 Å². The second-order valence-corrected chi connectivity index (χ2v) is 19.8. The Morgan fingerprint density at radius 3 is 2.05 bits per heavy atom. The van der Waals surface area contributed by atoms with E-state index in [-0.39, 0.29) is 35.3 Å². The predicted molar refractivity (Wildman–Crippen MR) is 265 cm³/mol. The number of carbonyl (C=O) groups is 2. The number of anilines is 4. The number of hydrogen-bond donors (Lipinski definition) is 2. The summed E-state index contributed by atoms with van der Waals surface area (Å²) >= 11 is 4.96. The molecule has 0 bridgehead atoms. The van der Waals surface area contributed by atoms with Gasteiger partial charge in [0, 0.05) is 65.7 Å². The summed E-state index contributed by atoms with van der Waals surface area (Å²) in [5.41, 5.74) is 11.3. The lowest BCUT2D eigenvalue weighted by molar-refractivity contribution is 0.0505. The Kier molecular flexibility index (Phi) is 13.5. The highest BCUT2D eigenvalue weighted by atomic mass is 32.1. The molecule has 9 rings (SSSR count). The number of aryl methyl sites for hydroxylation is 2. The van der Waals surface area contributed by atoms with Gasteiger partial charge in [0.05, 0.1) is 44.2 Å². The second kappa shape index (κ2) is 19.6. The molecule has 0 fully saturated rings. The average Bonchev–Trinajstić information content (AvgIpc) is 3.80. The molecule has 0 spiro atoms. The Balaban J connectivity index is 0.978. The zero-order valence-corrected chi connectivity index (χ0v) is 39.8. The number of nitrogens with one attached hydrogen (secondary N) is 1. The van der Waals surface area contributed by atoms with Gasteiger partial charge in [-0.3, -0.25) is 9.59 Å². The number of fused-ring (bicyclic) bond motifs is 8. The molecular formula is C54H62N4O7S. The van der Waals surface area contributed by atoms with Crippen LogP contribution in [-0.2, 0) is 41.9 Å². The molecule has 12 heteroatoms. The first-order valence-corrected chi connectivity index (χ1v) is 23.9. The summed E-state index contributed by atoms with van der Waals surface area (Å²) in [4.78, 5) is 34.5. The maximum absolute atomic E-state index is 14.1. The van der Waals surface area contributed by atoms with E-state index in [0.29, 0.717) is 63.1 Å². The third-order valence-electron chi connectivity index (χ3n) is 13.0. The van der Waals surface area contributed by atoms with Gasteiger partial charge >= 0.3 is 0 Å². The van der Waals surface area contributed by atoms with E-state index in [1.165, 1.54) is 11.1 Å². The predicted octanol–water partition coefficient (Wildman–Crippen LogP) is 9.63. The number of amides is 2. The van der Waals surface area contributed by atoms with Crippen LogP contribution in [0.4, 0.5) is 22.7 Å². The summed E-state index contributed by atoms with van der Waals surface area (Å²) < 4.78 is 30.6. The summed E-state index contributed by atoms with van der Waals surface area (Å²) in [7, 11) is 1.60. The molecule has 0 radical (unpaired) electrons. The highest BCUT2D eigenvalue weighted by Crippen LogP contribution is 2.42. The van der Waals surface area contributed by atoms with Gasteiger partial charge in [0.15, 0.2) is 11.5 Å². The van der Waals surface area contributed by atoms with E-state index < -0.39 is 0 Å². The van der Waals surface area contributed by atoms with E-state index >= 15 is 0 Å². The van der Waals surface area contributed by atoms with Crippen molar-refractivity contribution in [1.29, 1.82) is 0 Å². The molecule has 0 saturated carbocycles. The zero-order chi connectivity index (χ0) is 46.0. The van der Waals surface area contributed by atoms with Crippen molar-refractivity contribution in [2.45, 2.75) is 89.8 Å². The lowest BCUT2D eigenvalue weighted by Gasteiger charge is -2.32. The SMILES string of the molecule is CCCOCCOCCN(CC(C)(C)S)c1cc(COc2cc3c(cc2C)C(=O)N2c4ccccc4C[C@H]2CC3)cc(COc2cc3c(cc2OC)C(=O)N2c4ccccc4C[C@H]2CN3)c1. The van der Waals surface area contributed by atoms with Gasteiger partial charge in [0.25, 0.3) is 11.8 Å². The zero-order valence-electron chi connectivity index (χ0n) is 38.9. The minimum atomic E-state index is -0.308. The van der Waals surface area contributed by atoms with Crippen molar-refractivity contribution < 1.29 is 33.3 Å². The van der Waals surface area contributed by atoms with Crippen LogP contribution < -0.4 is 34.2 Å². The van der Waals surface area contributed by atoms with Gasteiger partial charge in [-0.05, 0) is 135 Å². The largest absolute Gasteiger partial charge is 0.493 e. The van der Waals surface area contributed by atoms with Crippen molar-refractivity contribution in [3.8, 4) is 17.2 Å². The van der Waals surface area contributed by atoms with Crippen LogP contribution in [0.1, 0.15) is 87.7 Å². The van der Waals surface area contributed by atoms with E-state index in [0.717, 1.165) is 95.0 Å². The molecule has 66 heavy (non-hydrogen) atoms. The molecule has 0 aromatic heterocycles. The van der Waals surface area contributed by atoms with Gasteiger partial charge in [-0.25, -0.2) is 0 Å². The number of ether oxygens (including phenoxy) is 5. The number of benzene rings is 5. The Morgan fingerprint density at radius 2 is 1.36 bits per heavy atom. The van der Waals surface area contributed by atoms with Crippen molar-refractivity contribution in [2.24, 2.45) is 0 Å². The van der Waals surface area contributed by atoms with Crippen molar-refractivity contribution in [1.82, 2.24) is 0 Å². The molecule has 0 saturated heterocycles. The van der Waals surface area contributed by atoms with Crippen LogP contribution in [0.5, 0.6) is 17.2 Å². The normalized spacial score (nSPS) is 17.1. The number of thiol groups is 1. The van der Waals surface area contributed by atoms with E-state index in [4.69, 9.17) is 36.3 Å². The minimum absolute atomic E-state index is 0.0129. The van der Waals surface area contributed by atoms with E-state index in [1.807, 2.05) is 53.1 Å². The fraction of sp³-hybridized carbons (Fsp3) is 0.407. The number of nitrogens with zero attached hydrogens (tertiary/aromatic N) is 3. The summed E-state index contributed by atoms with van der Waals surface area (Å²) in [5, 5.41) is 3.55. The fourth-order valence-electron chi connectivity index (χ4n) is 9.94. The first-order chi connectivity index (χ1) is 32.0. The average molecular weight is 911 g/mol. The molecule has 1 N–H and O–H groups in total. The lowest BCUT2D eigenvalue weighted by Crippen LogP contribution is -2.39. The van der Waals surface area contributed by atoms with Crippen LogP contribution in [0.15, 0.2) is 91.0 Å². The van der Waals surface area contributed by atoms with Crippen molar-refractivity contribution in [2.75, 3.05) is 73.2 Å². The van der Waals surface area contributed by atoms with Crippen LogP contribution >= 0.6 is 12.6 Å². The molecule has 4 heterocycles. The highest BCUT2D eigenvalue weighted by Gasteiger charge is 2.39. The van der Waals surface area contributed by atoms with Crippen LogP contribution in [0, 0.1) is 6.92 Å². The number of para-hydroxylation sites is 2. The van der Waals surface area contributed by atoms with Crippen molar-refractivity contribution >= 4 is 47.2 Å². The Hall–Kier alpha value is -5.69. The summed E-state index contributed by atoms with van der Waals surface area (Å²) in [5.74, 6) is 1.79. The number of rotatable bonds is 18. The molecule has 0 aliphatic carbocycles. The molecule has 11 nitrogen and oxygen atoms in total. The quantitative estimate of drug-likeness (QED) is 0.0658. The van der Waals surface area contributed by atoms with Gasteiger partial charge in [-0.15, -0.1) is 0 Å². The summed E-state index contributed by atoms with van der Waals surface area (Å²) in [6.45, 7) is 13.1. The smallest absolute Gasteiger partial charge is 0.260 e. The number of hydrogen-bond acceptors (Lipinski definition) is 10. The third kappa shape index (κ3) is 9.73. The molecule has 2 amide bonds. The Morgan fingerprint density at radius 1 is 0.727 bits per heavy atom. The van der Waals surface area contributed by atoms with Gasteiger partial charge in [-0.1, -0.05) is 43.3 Å². The summed E-state index contributed by atoms with van der Waals surface area (Å²) in [6.07, 6.45) is 4.34. The van der Waals surface area contributed by atoms with E-state index in [2.05, 4.69) is 79.5 Å². The molecule has 2 atom stereocenters. The van der Waals surface area contributed by atoms with Crippen molar-refractivity contribution in [3.05, 3.63) is 136 Å². The molecule has 4 aliphatic heterocycles. The molecule has 0 unspecified atom stereocenters. The number of carbonyl (C=O) groups excluding carboxylic acids is 2. The third-order valence-corrected chi connectivity index (χ3v) is 13.2. The molecule has 346 valence electrons. The maximum atomic E-state index is 14.1. The lowest BCUT2D eigenvalue weighted by atomic mass is 9.98. The van der Waals surface area contributed by atoms with Crippen LogP contribution in [0.25, 0.3) is 0 Å². The molecular weight excluding hydrogens is 849 g/mol. The standard InChI is InChI=1S/C54H62N4O7S/c1-6-18-62-20-21-63-19-17-56(34-54(3,4)66)42-24-36(32-64-49-28-38-15-16-41-26-39-11-7-9-13-47(39)57(41)52(59)44(38)22-35(49)2)23-37(25-42)33-65-51-30-46-45(29-50(51)61-5)53(60)58-43(31-55-46)27-40-12-8-10-14-48(40)58/h7-14,22-25,28-30,41,43,55,66H,6,15-21,26-27,31-34H2,1-5H3/t41-,43+/m1/s1. The summed E-state index contributed by atoms with van der Waals surface area (Å²) in [6, 6.07) is 30.8. The number of methoxy groups -OCH3 is 1. The van der Waals surface area contributed by atoms with E-state index in [1.54, 1.807) is 13.2 Å². The van der Waals surface area contributed by atoms with Crippen LogP contribution in [-0.4, -0.2) is 81.8 Å². The van der Waals surface area contributed by atoms with Crippen LogP contribution in [0.3, 0.4) is 0 Å². The Bertz CT molecular complexity index is 2590. The topological polar surface area (TPSA) is 102 Å². The monoisotopic (exact) mass is 910 g/mol. The van der Waals surface area contributed by atoms with Gasteiger partial charge in [0.1, 0.15) is 19.0 Å². The van der Waals surface area contributed by atoms with Gasteiger partial charge in [-0.2, -0.15) is 12.6 Å². The maximum Gasteiger partial charge on any atom is 0.260 e. The molecule has 5 aromatic carbocycles. The second-order valence-electron chi connectivity index (χ2n) is 18.6. The van der Waals surface area contributed by atoms with Gasteiger partial charge in [0.2, 0.25) is 0 Å². The first kappa shape index (κ1) is 45.5.